The number of fused-ring (bicyclic) bond motifs is 1. The predicted molar refractivity (Wildman–Crippen MR) is 73.5 cm³/mol. The fraction of sp³-hybridized carbons (Fsp3) is 0.625. The third-order valence-corrected chi connectivity index (χ3v) is 4.07. The lowest BCUT2D eigenvalue weighted by molar-refractivity contribution is -0.127. The zero-order chi connectivity index (χ0) is 13.3. The molecule has 0 aliphatic heterocycles. The summed E-state index contributed by atoms with van der Waals surface area (Å²) in [5, 5.41) is 0. The Kier molecular flexibility index (Phi) is 3.84. The number of hydrogen-bond donors (Lipinski definition) is 0. The lowest BCUT2D eigenvalue weighted by atomic mass is 9.77. The summed E-state index contributed by atoms with van der Waals surface area (Å²) >= 11 is 0. The van der Waals surface area contributed by atoms with Crippen LogP contribution in [0.5, 0.6) is 0 Å². The number of aromatic nitrogens is 1. The second kappa shape index (κ2) is 5.21. The first kappa shape index (κ1) is 13.3. The topological polar surface area (TPSA) is 30.0 Å². The van der Waals surface area contributed by atoms with Crippen molar-refractivity contribution in [3.05, 3.63) is 29.6 Å². The molecule has 0 saturated heterocycles. The van der Waals surface area contributed by atoms with Crippen LogP contribution in [0.4, 0.5) is 0 Å². The molecule has 2 nitrogen and oxygen atoms in total. The maximum atomic E-state index is 12.8. The predicted octanol–water partition coefficient (Wildman–Crippen LogP) is 3.61. The Balaban J connectivity index is 2.25. The molecule has 0 spiro atoms. The third-order valence-electron chi connectivity index (χ3n) is 4.07. The minimum atomic E-state index is 0.0380. The van der Waals surface area contributed by atoms with E-state index in [1.165, 1.54) is 5.56 Å². The molecule has 2 heteroatoms. The Labute approximate surface area is 110 Å². The number of carbonyl (C=O) groups is 1. The molecule has 0 N–H and O–H groups in total. The van der Waals surface area contributed by atoms with Gasteiger partial charge in [-0.15, -0.1) is 0 Å². The normalized spacial score (nSPS) is 18.7. The number of ketones is 1. The first-order valence-corrected chi connectivity index (χ1v) is 7.00. The molecular formula is C16H23NO. The highest BCUT2D eigenvalue weighted by atomic mass is 16.1. The van der Waals surface area contributed by atoms with Crippen LogP contribution in [0.3, 0.4) is 0 Å². The Morgan fingerprint density at radius 3 is 2.56 bits per heavy atom. The van der Waals surface area contributed by atoms with Gasteiger partial charge in [0, 0.05) is 12.1 Å². The van der Waals surface area contributed by atoms with Gasteiger partial charge in [0.2, 0.25) is 0 Å². The second-order valence-corrected chi connectivity index (χ2v) is 6.06. The first-order chi connectivity index (χ1) is 8.52. The highest BCUT2D eigenvalue weighted by molar-refractivity contribution is 5.88. The van der Waals surface area contributed by atoms with Crippen molar-refractivity contribution in [1.82, 2.24) is 4.98 Å². The average molecular weight is 245 g/mol. The van der Waals surface area contributed by atoms with Crippen LogP contribution in [-0.4, -0.2) is 10.8 Å². The maximum Gasteiger partial charge on any atom is 0.145 e. The molecule has 1 aromatic heterocycles. The van der Waals surface area contributed by atoms with Crippen molar-refractivity contribution in [1.29, 1.82) is 0 Å². The van der Waals surface area contributed by atoms with E-state index in [0.29, 0.717) is 17.6 Å². The zero-order valence-electron chi connectivity index (χ0n) is 11.8. The van der Waals surface area contributed by atoms with Crippen LogP contribution in [0.25, 0.3) is 0 Å². The van der Waals surface area contributed by atoms with Gasteiger partial charge in [0.15, 0.2) is 0 Å². The van der Waals surface area contributed by atoms with Gasteiger partial charge in [0.25, 0.3) is 0 Å². The Bertz CT molecular complexity index is 428. The molecule has 0 amide bonds. The fourth-order valence-corrected chi connectivity index (χ4v) is 3.35. The van der Waals surface area contributed by atoms with Gasteiger partial charge in [-0.25, -0.2) is 0 Å². The number of carbonyl (C=O) groups excluding carboxylic acids is 1. The van der Waals surface area contributed by atoms with Crippen molar-refractivity contribution in [2.45, 2.75) is 46.5 Å². The van der Waals surface area contributed by atoms with Gasteiger partial charge >= 0.3 is 0 Å². The molecule has 1 heterocycles. The summed E-state index contributed by atoms with van der Waals surface area (Å²) in [4.78, 5) is 17.2. The molecule has 18 heavy (non-hydrogen) atoms. The largest absolute Gasteiger partial charge is 0.299 e. The summed E-state index contributed by atoms with van der Waals surface area (Å²) in [5.41, 5.74) is 2.30. The van der Waals surface area contributed by atoms with Crippen LogP contribution in [0, 0.1) is 17.8 Å². The zero-order valence-corrected chi connectivity index (χ0v) is 11.8. The molecule has 1 aliphatic rings. The van der Waals surface area contributed by atoms with Crippen molar-refractivity contribution in [2.24, 2.45) is 17.8 Å². The van der Waals surface area contributed by atoms with Gasteiger partial charge in [-0.05, 0) is 36.3 Å². The van der Waals surface area contributed by atoms with Gasteiger partial charge in [0.05, 0.1) is 11.6 Å². The molecular weight excluding hydrogens is 222 g/mol. The molecule has 0 fully saturated rings. The van der Waals surface area contributed by atoms with E-state index >= 15 is 0 Å². The van der Waals surface area contributed by atoms with Crippen LogP contribution in [0.2, 0.25) is 0 Å². The summed E-state index contributed by atoms with van der Waals surface area (Å²) in [6, 6.07) is 4.07. The SMILES string of the molecule is CC(C)C(C(=O)C1CCc2cccnc21)C(C)C. The number of nitrogens with zero attached hydrogens (tertiary/aromatic N) is 1. The van der Waals surface area contributed by atoms with Crippen molar-refractivity contribution in [2.75, 3.05) is 0 Å². The lowest BCUT2D eigenvalue weighted by Gasteiger charge is -2.26. The van der Waals surface area contributed by atoms with Crippen LogP contribution in [-0.2, 0) is 11.2 Å². The van der Waals surface area contributed by atoms with Gasteiger partial charge in [-0.1, -0.05) is 33.8 Å². The average Bonchev–Trinajstić information content (AvgIpc) is 2.71. The van der Waals surface area contributed by atoms with E-state index in [1.54, 1.807) is 0 Å². The number of aryl methyl sites for hydroxylation is 1. The third kappa shape index (κ3) is 2.33. The smallest absolute Gasteiger partial charge is 0.145 e. The van der Waals surface area contributed by atoms with Crippen molar-refractivity contribution < 1.29 is 4.79 Å². The molecule has 0 aromatic carbocycles. The number of rotatable bonds is 4. The Hall–Kier alpha value is -1.18. The van der Waals surface area contributed by atoms with Gasteiger partial charge < -0.3 is 0 Å². The second-order valence-electron chi connectivity index (χ2n) is 6.06. The highest BCUT2D eigenvalue weighted by Crippen LogP contribution is 2.37. The minimum Gasteiger partial charge on any atom is -0.299 e. The molecule has 1 aliphatic carbocycles. The quantitative estimate of drug-likeness (QED) is 0.811. The minimum absolute atomic E-state index is 0.0380. The number of hydrogen-bond acceptors (Lipinski definition) is 2. The molecule has 98 valence electrons. The van der Waals surface area contributed by atoms with Crippen LogP contribution >= 0.6 is 0 Å². The summed E-state index contributed by atoms with van der Waals surface area (Å²) in [7, 11) is 0. The van der Waals surface area contributed by atoms with E-state index in [-0.39, 0.29) is 11.8 Å². The highest BCUT2D eigenvalue weighted by Gasteiger charge is 2.36. The molecule has 0 radical (unpaired) electrons. The Morgan fingerprint density at radius 2 is 1.94 bits per heavy atom. The lowest BCUT2D eigenvalue weighted by Crippen LogP contribution is -2.29. The first-order valence-electron chi connectivity index (χ1n) is 7.00. The van der Waals surface area contributed by atoms with E-state index in [1.807, 2.05) is 12.3 Å². The van der Waals surface area contributed by atoms with Crippen LogP contribution in [0.15, 0.2) is 18.3 Å². The summed E-state index contributed by atoms with van der Waals surface area (Å²) < 4.78 is 0. The molecule has 2 rings (SSSR count). The summed E-state index contributed by atoms with van der Waals surface area (Å²) in [6.07, 6.45) is 3.76. The van der Waals surface area contributed by atoms with E-state index in [4.69, 9.17) is 0 Å². The summed E-state index contributed by atoms with van der Waals surface area (Å²) in [6.45, 7) is 8.60. The van der Waals surface area contributed by atoms with E-state index in [9.17, 15) is 4.79 Å². The van der Waals surface area contributed by atoms with E-state index in [0.717, 1.165) is 18.5 Å². The standard InChI is InChI=1S/C16H23NO/c1-10(2)14(11(3)4)16(18)13-8-7-12-6-5-9-17-15(12)13/h5-6,9-11,13-14H,7-8H2,1-4H3. The van der Waals surface area contributed by atoms with Crippen LogP contribution in [0.1, 0.15) is 51.3 Å². The molecule has 0 saturated carbocycles. The number of Topliss-reactive ketones (excluding diaryl/α,β-unsaturated/α-hetero) is 1. The number of pyridine rings is 1. The van der Waals surface area contributed by atoms with Crippen molar-refractivity contribution in [3.8, 4) is 0 Å². The fourth-order valence-electron chi connectivity index (χ4n) is 3.35. The molecule has 1 atom stereocenters. The molecule has 1 unspecified atom stereocenters. The van der Waals surface area contributed by atoms with Crippen LogP contribution < -0.4 is 0 Å². The van der Waals surface area contributed by atoms with Gasteiger partial charge in [-0.3, -0.25) is 9.78 Å². The van der Waals surface area contributed by atoms with Crippen molar-refractivity contribution >= 4 is 5.78 Å². The van der Waals surface area contributed by atoms with E-state index < -0.39 is 0 Å². The Morgan fingerprint density at radius 1 is 1.28 bits per heavy atom. The van der Waals surface area contributed by atoms with Gasteiger partial charge in [-0.2, -0.15) is 0 Å². The molecule has 0 bridgehead atoms. The maximum absolute atomic E-state index is 12.8. The molecule has 1 aromatic rings. The van der Waals surface area contributed by atoms with E-state index in [2.05, 4.69) is 38.7 Å². The van der Waals surface area contributed by atoms with Crippen molar-refractivity contribution in [3.63, 3.8) is 0 Å². The van der Waals surface area contributed by atoms with Gasteiger partial charge in [0.1, 0.15) is 5.78 Å². The monoisotopic (exact) mass is 245 g/mol. The summed E-state index contributed by atoms with van der Waals surface area (Å²) in [5.74, 6) is 1.41.